The summed E-state index contributed by atoms with van der Waals surface area (Å²) in [5, 5.41) is 0. The molecule has 0 saturated heterocycles. The van der Waals surface area contributed by atoms with Crippen molar-refractivity contribution in [2.24, 2.45) is 0 Å². The number of hydrogen-bond donors (Lipinski definition) is 0. The fraction of sp³-hybridized carbons (Fsp3) is 0.887. The maximum Gasteiger partial charge on any atom is 0.161 e. The minimum Gasteiger partial charge on any atom is -0.487 e. The summed E-state index contributed by atoms with van der Waals surface area (Å²) in [6, 6.07) is 5.82. The van der Waals surface area contributed by atoms with E-state index in [1.807, 2.05) is 25.1 Å². The zero-order valence-electron chi connectivity index (χ0n) is 47.1. The summed E-state index contributed by atoms with van der Waals surface area (Å²) in [4.78, 5) is 0. The van der Waals surface area contributed by atoms with Crippen LogP contribution in [0.25, 0.3) is 0 Å². The minimum atomic E-state index is 0.374. The molecule has 0 heterocycles. The lowest BCUT2D eigenvalue weighted by molar-refractivity contribution is -0.0274. The van der Waals surface area contributed by atoms with E-state index in [0.717, 1.165) is 5.56 Å². The zero-order chi connectivity index (χ0) is 54.9. The average Bonchev–Trinajstić information content (AvgIpc) is 3.44. The molecule has 1 aromatic rings. The Labute approximate surface area is 459 Å². The van der Waals surface area contributed by atoms with Crippen molar-refractivity contribution in [3.8, 4) is 11.5 Å². The normalized spacial score (nSPS) is 11.6. The van der Waals surface area contributed by atoms with Gasteiger partial charge in [0.15, 0.2) is 11.5 Å². The number of hydrogen-bond acceptors (Lipinski definition) is 24. The Morgan fingerprint density at radius 3 is 0.532 bits per heavy atom. The molecular weight excluding hydrogens is 1020 g/mol. The van der Waals surface area contributed by atoms with Gasteiger partial charge >= 0.3 is 0 Å². The number of methoxy groups -OCH3 is 2. The lowest BCUT2D eigenvalue weighted by Crippen LogP contribution is -2.16. The first kappa shape index (κ1) is 73.0. The standard InChI is InChI=1S/C53H100O24/c1-51-4-5-52(76-48-46-74-44-42-72-40-38-70-36-34-68-32-30-66-28-26-64-24-22-62-20-18-60-16-14-58-12-10-56-8-6-54-2)53(50-51)77-49-47-75-45-43-73-41-39-71-37-35-69-33-31-67-29-27-65-25-23-63-21-19-61-17-15-59-13-11-57-9-7-55-3/h4-5,50H,6-49H2,1-3H3. The summed E-state index contributed by atoms with van der Waals surface area (Å²) in [6.07, 6.45) is 0. The fourth-order valence-corrected chi connectivity index (χ4v) is 5.72. The summed E-state index contributed by atoms with van der Waals surface area (Å²) in [5.74, 6) is 1.31. The number of aryl methyl sites for hydroxylation is 1. The molecule has 0 aliphatic rings. The van der Waals surface area contributed by atoms with Gasteiger partial charge in [-0.05, 0) is 24.6 Å². The lowest BCUT2D eigenvalue weighted by atomic mass is 10.2. The molecule has 0 fully saturated rings. The molecule has 0 radical (unpaired) electrons. The maximum atomic E-state index is 5.95. The molecule has 1 aromatic carbocycles. The van der Waals surface area contributed by atoms with Crippen LogP contribution in [0.1, 0.15) is 5.56 Å². The summed E-state index contributed by atoms with van der Waals surface area (Å²) in [6.45, 7) is 23.7. The zero-order valence-corrected chi connectivity index (χ0v) is 47.1. The number of benzene rings is 1. The molecule has 0 unspecified atom stereocenters. The second-order valence-corrected chi connectivity index (χ2v) is 15.9. The van der Waals surface area contributed by atoms with Gasteiger partial charge in [-0.15, -0.1) is 0 Å². The highest BCUT2D eigenvalue weighted by Crippen LogP contribution is 2.28. The van der Waals surface area contributed by atoms with Gasteiger partial charge in [0.05, 0.1) is 277 Å². The molecule has 0 saturated carbocycles. The quantitative estimate of drug-likeness (QED) is 0.0855. The molecule has 0 aromatic heterocycles. The summed E-state index contributed by atoms with van der Waals surface area (Å²) < 4.78 is 132. The van der Waals surface area contributed by atoms with Crippen LogP contribution in [0.15, 0.2) is 18.2 Å². The summed E-state index contributed by atoms with van der Waals surface area (Å²) in [7, 11) is 3.29. The van der Waals surface area contributed by atoms with Gasteiger partial charge in [-0.25, -0.2) is 0 Å². The third kappa shape index (κ3) is 58.4. The van der Waals surface area contributed by atoms with E-state index >= 15 is 0 Å². The van der Waals surface area contributed by atoms with Crippen LogP contribution in [0.4, 0.5) is 0 Å². The molecule has 0 spiro atoms. The van der Waals surface area contributed by atoms with E-state index in [1.54, 1.807) is 14.2 Å². The molecular formula is C53H100O24. The molecule has 77 heavy (non-hydrogen) atoms. The maximum absolute atomic E-state index is 5.95. The van der Waals surface area contributed by atoms with Crippen molar-refractivity contribution < 1.29 is 114 Å². The smallest absolute Gasteiger partial charge is 0.161 e. The first-order valence-electron chi connectivity index (χ1n) is 27.2. The molecule has 456 valence electrons. The van der Waals surface area contributed by atoms with Crippen molar-refractivity contribution in [3.05, 3.63) is 23.8 Å². The van der Waals surface area contributed by atoms with E-state index in [9.17, 15) is 0 Å². The van der Waals surface area contributed by atoms with Gasteiger partial charge < -0.3 is 114 Å². The Bertz CT molecular complexity index is 1260. The molecule has 0 bridgehead atoms. The SMILES string of the molecule is COCCOCCOCCOCCOCCOCCOCCOCCOCCOCCOCCOc1ccc(C)cc1OCCOCCOCCOCCOCCOCCOCCOCCOCCOCCOCCOC. The van der Waals surface area contributed by atoms with Crippen LogP contribution in [0.3, 0.4) is 0 Å². The van der Waals surface area contributed by atoms with Crippen LogP contribution in [-0.4, -0.2) is 305 Å². The van der Waals surface area contributed by atoms with Crippen LogP contribution >= 0.6 is 0 Å². The summed E-state index contributed by atoms with van der Waals surface area (Å²) >= 11 is 0. The van der Waals surface area contributed by atoms with Crippen molar-refractivity contribution in [3.63, 3.8) is 0 Å². The first-order chi connectivity index (χ1) is 38.3. The van der Waals surface area contributed by atoms with E-state index in [2.05, 4.69) is 0 Å². The topological polar surface area (TPSA) is 222 Å². The van der Waals surface area contributed by atoms with Crippen molar-refractivity contribution >= 4 is 0 Å². The fourth-order valence-electron chi connectivity index (χ4n) is 5.72. The molecule has 0 N–H and O–H groups in total. The predicted octanol–water partition coefficient (Wildman–Crippen LogP) is 2.38. The Morgan fingerprint density at radius 2 is 0.351 bits per heavy atom. The van der Waals surface area contributed by atoms with Gasteiger partial charge in [-0.2, -0.15) is 0 Å². The molecule has 0 aliphatic heterocycles. The van der Waals surface area contributed by atoms with Crippen LogP contribution in [0.2, 0.25) is 0 Å². The van der Waals surface area contributed by atoms with Crippen molar-refractivity contribution in [2.75, 3.05) is 305 Å². The highest BCUT2D eigenvalue weighted by atomic mass is 16.6. The van der Waals surface area contributed by atoms with Gasteiger partial charge in [0, 0.05) is 14.2 Å². The number of rotatable bonds is 68. The van der Waals surface area contributed by atoms with Crippen LogP contribution in [0, 0.1) is 6.92 Å². The molecule has 24 heteroatoms. The average molecular weight is 1120 g/mol. The second kappa shape index (κ2) is 64.8. The Morgan fingerprint density at radius 1 is 0.195 bits per heavy atom. The highest BCUT2D eigenvalue weighted by molar-refractivity contribution is 5.42. The molecule has 24 nitrogen and oxygen atoms in total. The third-order valence-electron chi connectivity index (χ3n) is 9.63. The third-order valence-corrected chi connectivity index (χ3v) is 9.63. The molecule has 0 atom stereocenters. The van der Waals surface area contributed by atoms with E-state index in [4.69, 9.17) is 114 Å². The van der Waals surface area contributed by atoms with Gasteiger partial charge in [0.2, 0.25) is 0 Å². The number of ether oxygens (including phenoxy) is 24. The first-order valence-corrected chi connectivity index (χ1v) is 27.2. The van der Waals surface area contributed by atoms with Gasteiger partial charge in [0.1, 0.15) is 13.2 Å². The lowest BCUT2D eigenvalue weighted by Gasteiger charge is -2.14. The minimum absolute atomic E-state index is 0.374. The Hall–Kier alpha value is -2.06. The molecule has 0 amide bonds. The van der Waals surface area contributed by atoms with Crippen molar-refractivity contribution in [1.29, 1.82) is 0 Å². The van der Waals surface area contributed by atoms with Gasteiger partial charge in [-0.3, -0.25) is 0 Å². The van der Waals surface area contributed by atoms with Crippen LogP contribution in [-0.2, 0) is 104 Å². The Balaban J connectivity index is 1.77. The largest absolute Gasteiger partial charge is 0.487 e. The monoisotopic (exact) mass is 1120 g/mol. The van der Waals surface area contributed by atoms with E-state index in [1.165, 1.54) is 0 Å². The second-order valence-electron chi connectivity index (χ2n) is 15.9. The van der Waals surface area contributed by atoms with Crippen molar-refractivity contribution in [2.45, 2.75) is 6.92 Å². The van der Waals surface area contributed by atoms with Gasteiger partial charge in [-0.1, -0.05) is 6.07 Å². The van der Waals surface area contributed by atoms with Gasteiger partial charge in [0.25, 0.3) is 0 Å². The Kier molecular flexibility index (Phi) is 61.4. The highest BCUT2D eigenvalue weighted by Gasteiger charge is 2.07. The molecule has 1 rings (SSSR count). The van der Waals surface area contributed by atoms with Crippen molar-refractivity contribution in [1.82, 2.24) is 0 Å². The van der Waals surface area contributed by atoms with Crippen LogP contribution in [0.5, 0.6) is 11.5 Å². The van der Waals surface area contributed by atoms with E-state index in [0.29, 0.717) is 302 Å². The molecule has 0 aliphatic carbocycles. The van der Waals surface area contributed by atoms with Crippen LogP contribution < -0.4 is 9.47 Å². The summed E-state index contributed by atoms with van der Waals surface area (Å²) in [5.41, 5.74) is 1.06. The van der Waals surface area contributed by atoms with E-state index < -0.39 is 0 Å². The van der Waals surface area contributed by atoms with E-state index in [-0.39, 0.29) is 0 Å². The predicted molar refractivity (Wildman–Crippen MR) is 282 cm³/mol.